The smallest absolute Gasteiger partial charge is 0.399 e. The molecular weight excluding hydrogens is 249 g/mol. The maximum atomic E-state index is 6.11. The first kappa shape index (κ1) is 15.6. The Kier molecular flexibility index (Phi) is 4.57. The maximum absolute atomic E-state index is 6.11. The van der Waals surface area contributed by atoms with Crippen molar-refractivity contribution >= 4 is 7.12 Å². The highest BCUT2D eigenvalue weighted by Gasteiger charge is 2.51. The number of rotatable bonds is 1. The van der Waals surface area contributed by atoms with Gasteiger partial charge in [0, 0.05) is 13.1 Å². The van der Waals surface area contributed by atoms with Crippen LogP contribution in [0.5, 0.6) is 0 Å². The van der Waals surface area contributed by atoms with Gasteiger partial charge in [-0.3, -0.25) is 0 Å². The Labute approximate surface area is 123 Å². The third-order valence-electron chi connectivity index (χ3n) is 4.36. The van der Waals surface area contributed by atoms with E-state index in [9.17, 15) is 0 Å². The van der Waals surface area contributed by atoms with Crippen molar-refractivity contribution in [3.05, 3.63) is 35.9 Å². The number of hydrogen-bond donors (Lipinski definition) is 0. The largest absolute Gasteiger partial charge is 0.494 e. The Morgan fingerprint density at radius 3 is 2.40 bits per heavy atom. The minimum Gasteiger partial charge on any atom is -0.399 e. The van der Waals surface area contributed by atoms with Gasteiger partial charge in [-0.25, -0.2) is 0 Å². The second-order valence-corrected chi connectivity index (χ2v) is 6.64. The molecule has 0 aromatic heterocycles. The second kappa shape index (κ2) is 5.88. The summed E-state index contributed by atoms with van der Waals surface area (Å²) in [6.07, 6.45) is 11.8. The molecule has 20 heavy (non-hydrogen) atoms. The lowest BCUT2D eigenvalue weighted by molar-refractivity contribution is 0.00578. The highest BCUT2D eigenvalue weighted by atomic mass is 16.7. The number of nitrogens with zero attached hydrogens (tertiary/aromatic N) is 1. The van der Waals surface area contributed by atoms with Crippen LogP contribution in [-0.2, 0) is 9.31 Å². The van der Waals surface area contributed by atoms with E-state index in [0.717, 1.165) is 25.0 Å². The molecule has 0 saturated carbocycles. The molecule has 0 aromatic carbocycles. The summed E-state index contributed by atoms with van der Waals surface area (Å²) in [6.45, 7) is 10.4. The van der Waals surface area contributed by atoms with E-state index in [1.807, 2.05) is 0 Å². The van der Waals surface area contributed by atoms with Crippen molar-refractivity contribution in [2.45, 2.75) is 45.3 Å². The summed E-state index contributed by atoms with van der Waals surface area (Å²) in [7, 11) is 1.85. The van der Waals surface area contributed by atoms with Crippen LogP contribution >= 0.6 is 0 Å². The molecule has 2 heterocycles. The van der Waals surface area contributed by atoms with Crippen LogP contribution in [0.2, 0.25) is 0 Å². The van der Waals surface area contributed by atoms with Gasteiger partial charge in [-0.15, -0.1) is 0 Å². The Morgan fingerprint density at radius 2 is 1.75 bits per heavy atom. The summed E-state index contributed by atoms with van der Waals surface area (Å²) in [5.41, 5.74) is 0.500. The quantitative estimate of drug-likeness (QED) is 0.687. The second-order valence-electron chi connectivity index (χ2n) is 6.64. The Balaban J connectivity index is 2.18. The normalized spacial score (nSPS) is 32.5. The zero-order chi connectivity index (χ0) is 14.8. The maximum Gasteiger partial charge on any atom is 0.494 e. The topological polar surface area (TPSA) is 21.7 Å². The van der Waals surface area contributed by atoms with E-state index in [-0.39, 0.29) is 18.3 Å². The van der Waals surface area contributed by atoms with Crippen molar-refractivity contribution in [3.63, 3.8) is 0 Å². The van der Waals surface area contributed by atoms with Crippen molar-refractivity contribution in [1.82, 2.24) is 4.90 Å². The number of allylic oxidation sites excluding steroid dienone is 4. The fraction of sp³-hybridized carbons (Fsp3) is 0.625. The molecule has 1 saturated heterocycles. The minimum absolute atomic E-state index is 0.286. The molecule has 0 spiro atoms. The first-order valence-electron chi connectivity index (χ1n) is 7.39. The van der Waals surface area contributed by atoms with Crippen LogP contribution in [0.3, 0.4) is 0 Å². The molecule has 0 aromatic rings. The fourth-order valence-electron chi connectivity index (χ4n) is 2.22. The molecule has 2 aliphatic heterocycles. The summed E-state index contributed by atoms with van der Waals surface area (Å²) in [5.74, 6) is 0. The van der Waals surface area contributed by atoms with Gasteiger partial charge in [-0.2, -0.15) is 0 Å². The van der Waals surface area contributed by atoms with E-state index in [0.29, 0.717) is 0 Å². The summed E-state index contributed by atoms with van der Waals surface area (Å²) in [5, 5.41) is 0. The predicted molar refractivity (Wildman–Crippen MR) is 84.6 cm³/mol. The van der Waals surface area contributed by atoms with Crippen LogP contribution in [0.25, 0.3) is 0 Å². The van der Waals surface area contributed by atoms with Crippen molar-refractivity contribution in [3.8, 4) is 0 Å². The van der Waals surface area contributed by atoms with Crippen LogP contribution in [-0.4, -0.2) is 43.4 Å². The van der Waals surface area contributed by atoms with Crippen LogP contribution in [0.4, 0.5) is 0 Å². The van der Waals surface area contributed by atoms with E-state index in [1.165, 1.54) is 0 Å². The molecule has 2 rings (SSSR count). The van der Waals surface area contributed by atoms with Gasteiger partial charge in [0.1, 0.15) is 0 Å². The van der Waals surface area contributed by atoms with Gasteiger partial charge >= 0.3 is 7.12 Å². The monoisotopic (exact) mass is 275 g/mol. The average molecular weight is 275 g/mol. The lowest BCUT2D eigenvalue weighted by Gasteiger charge is -2.32. The first-order valence-corrected chi connectivity index (χ1v) is 7.39. The zero-order valence-corrected chi connectivity index (χ0v) is 13.3. The Hall–Kier alpha value is -0.835. The first-order chi connectivity index (χ1) is 9.32. The van der Waals surface area contributed by atoms with Gasteiger partial charge in [-0.1, -0.05) is 30.4 Å². The number of likely N-dealkylation sites (N-methyl/N-ethyl adjacent to an activating group) is 1. The third-order valence-corrected chi connectivity index (χ3v) is 4.36. The molecule has 0 N–H and O–H groups in total. The van der Waals surface area contributed by atoms with Crippen LogP contribution in [0.1, 0.15) is 34.1 Å². The molecule has 0 aliphatic carbocycles. The van der Waals surface area contributed by atoms with E-state index < -0.39 is 0 Å². The van der Waals surface area contributed by atoms with Crippen LogP contribution in [0.15, 0.2) is 35.9 Å². The lowest BCUT2D eigenvalue weighted by atomic mass is 9.77. The highest BCUT2D eigenvalue weighted by molar-refractivity contribution is 6.55. The summed E-state index contributed by atoms with van der Waals surface area (Å²) in [4.78, 5) is 2.30. The Morgan fingerprint density at radius 1 is 1.10 bits per heavy atom. The molecule has 2 aliphatic rings. The molecular formula is C16H26BNO2. The third kappa shape index (κ3) is 3.43. The number of hydrogen-bond acceptors (Lipinski definition) is 3. The molecule has 0 unspecified atom stereocenters. The van der Waals surface area contributed by atoms with Crippen LogP contribution < -0.4 is 0 Å². The van der Waals surface area contributed by atoms with E-state index in [1.54, 1.807) is 0 Å². The summed E-state index contributed by atoms with van der Waals surface area (Å²) >= 11 is 0. The lowest BCUT2D eigenvalue weighted by Crippen LogP contribution is -2.41. The predicted octanol–water partition coefficient (Wildman–Crippen LogP) is 2.99. The molecule has 0 radical (unpaired) electrons. The van der Waals surface area contributed by atoms with Crippen molar-refractivity contribution in [2.75, 3.05) is 20.1 Å². The molecule has 0 bridgehead atoms. The summed E-state index contributed by atoms with van der Waals surface area (Å²) in [6, 6.07) is 0. The molecule has 110 valence electrons. The van der Waals surface area contributed by atoms with Gasteiger partial charge in [0.25, 0.3) is 0 Å². The van der Waals surface area contributed by atoms with E-state index in [4.69, 9.17) is 9.31 Å². The molecule has 0 amide bonds. The van der Waals surface area contributed by atoms with Crippen molar-refractivity contribution in [2.24, 2.45) is 0 Å². The standard InChI is InChI=1S/C16H26BNO2/c1-15(2)16(3,4)20-17(19-15)14-10-7-6-8-12-18(5)13-9-11-14/h6-7,9-11H,8,12-13H2,1-5H3/b7-6+,11-9+,14-10+. The van der Waals surface area contributed by atoms with Crippen molar-refractivity contribution < 1.29 is 9.31 Å². The molecule has 3 nitrogen and oxygen atoms in total. The van der Waals surface area contributed by atoms with Gasteiger partial charge in [-0.05, 0) is 46.6 Å². The zero-order valence-electron chi connectivity index (χ0n) is 13.3. The molecule has 1 fully saturated rings. The van der Waals surface area contributed by atoms with Gasteiger partial charge in [0.05, 0.1) is 11.2 Å². The highest BCUT2D eigenvalue weighted by Crippen LogP contribution is 2.38. The van der Waals surface area contributed by atoms with Gasteiger partial charge < -0.3 is 14.2 Å². The molecule has 0 atom stereocenters. The van der Waals surface area contributed by atoms with E-state index >= 15 is 0 Å². The van der Waals surface area contributed by atoms with Gasteiger partial charge in [0.2, 0.25) is 0 Å². The van der Waals surface area contributed by atoms with Crippen LogP contribution in [0, 0.1) is 0 Å². The average Bonchev–Trinajstić information content (AvgIpc) is 2.56. The minimum atomic E-state index is -0.290. The van der Waals surface area contributed by atoms with Crippen molar-refractivity contribution in [1.29, 1.82) is 0 Å². The Bertz CT molecular complexity index is 422. The fourth-order valence-corrected chi connectivity index (χ4v) is 2.22. The summed E-state index contributed by atoms with van der Waals surface area (Å²) < 4.78 is 12.2. The van der Waals surface area contributed by atoms with E-state index in [2.05, 4.69) is 70.0 Å². The SMILES string of the molecule is CN1C/C=C/C(B2OC(C)(C)C(C)(C)O2)=C\C=C\CC1. The van der Waals surface area contributed by atoms with Gasteiger partial charge in [0.15, 0.2) is 0 Å². The molecule has 4 heteroatoms.